The summed E-state index contributed by atoms with van der Waals surface area (Å²) in [4.78, 5) is 12.1. The highest BCUT2D eigenvalue weighted by Gasteiger charge is 2.27. The lowest BCUT2D eigenvalue weighted by Gasteiger charge is -2.13. The summed E-state index contributed by atoms with van der Waals surface area (Å²) in [5.41, 5.74) is 3.70. The Morgan fingerprint density at radius 2 is 2.00 bits per heavy atom. The number of hydrogen-bond donors (Lipinski definition) is 1. The normalized spacial score (nSPS) is 16.5. The van der Waals surface area contributed by atoms with Crippen LogP contribution in [-0.2, 0) is 21.4 Å². The van der Waals surface area contributed by atoms with E-state index in [1.807, 2.05) is 38.1 Å². The number of benzene rings is 1. The Bertz CT molecular complexity index is 1010. The predicted molar refractivity (Wildman–Crippen MR) is 114 cm³/mol. The molecule has 0 aliphatic carbocycles. The van der Waals surface area contributed by atoms with Crippen molar-refractivity contribution in [2.45, 2.75) is 26.8 Å². The summed E-state index contributed by atoms with van der Waals surface area (Å²) in [5, 5.41) is 7.64. The maximum atomic E-state index is 12.1. The second kappa shape index (κ2) is 9.11. The molecule has 0 bridgehead atoms. The number of nitrogens with zero attached hydrogens (tertiary/aromatic N) is 3. The van der Waals surface area contributed by atoms with Crippen molar-refractivity contribution in [3.8, 4) is 0 Å². The summed E-state index contributed by atoms with van der Waals surface area (Å²) < 4.78 is 26.6. The summed E-state index contributed by atoms with van der Waals surface area (Å²) in [6.45, 7) is 5.49. The first-order valence-corrected chi connectivity index (χ1v) is 11.5. The van der Waals surface area contributed by atoms with Crippen molar-refractivity contribution in [1.82, 2.24) is 19.4 Å². The van der Waals surface area contributed by atoms with Crippen molar-refractivity contribution >= 4 is 33.6 Å². The van der Waals surface area contributed by atoms with Crippen molar-refractivity contribution in [2.75, 3.05) is 25.4 Å². The second-order valence-corrected chi connectivity index (χ2v) is 9.57. The third-order valence-electron chi connectivity index (χ3n) is 4.83. The molecule has 29 heavy (non-hydrogen) atoms. The number of hydrogen-bond acceptors (Lipinski definition) is 4. The summed E-state index contributed by atoms with van der Waals surface area (Å²) in [6.07, 6.45) is 3.67. The molecular weight excluding hydrogens is 412 g/mol. The Kier molecular flexibility index (Phi) is 6.77. The van der Waals surface area contributed by atoms with Gasteiger partial charge in [-0.3, -0.25) is 4.79 Å². The summed E-state index contributed by atoms with van der Waals surface area (Å²) in [6, 6.07) is 8.15. The number of aromatic nitrogens is 2. The molecule has 1 N–H and O–H groups in total. The first-order chi connectivity index (χ1) is 13.8. The van der Waals surface area contributed by atoms with E-state index < -0.39 is 10.0 Å². The summed E-state index contributed by atoms with van der Waals surface area (Å²) in [5.74, 6) is -0.117. The SMILES string of the molecule is Cc1ccc(Cn2nc(C)c(C=CC(=O)NCCN3CCCS3(=O)=O)c2Cl)cc1. The molecule has 0 unspecified atom stereocenters. The minimum absolute atomic E-state index is 0.186. The summed E-state index contributed by atoms with van der Waals surface area (Å²) >= 11 is 6.46. The first kappa shape index (κ1) is 21.5. The lowest BCUT2D eigenvalue weighted by Crippen LogP contribution is -2.35. The molecule has 3 rings (SSSR count). The van der Waals surface area contributed by atoms with Gasteiger partial charge in [0, 0.05) is 31.3 Å². The largest absolute Gasteiger partial charge is 0.351 e. The van der Waals surface area contributed by atoms with Crippen LogP contribution in [0, 0.1) is 13.8 Å². The van der Waals surface area contributed by atoms with Crippen LogP contribution in [0.25, 0.3) is 6.08 Å². The number of rotatable bonds is 7. The number of amides is 1. The highest BCUT2D eigenvalue weighted by molar-refractivity contribution is 7.89. The molecule has 1 aliphatic heterocycles. The quantitative estimate of drug-likeness (QED) is 0.675. The van der Waals surface area contributed by atoms with Gasteiger partial charge in [0.15, 0.2) is 0 Å². The standard InChI is InChI=1S/C20H25ClN4O3S/c1-15-4-6-17(7-5-15)14-25-20(21)18(16(2)23-25)8-9-19(26)22-10-12-24-11-3-13-29(24,27)28/h4-9H,3,10-14H2,1-2H3,(H,22,26). The zero-order valence-corrected chi connectivity index (χ0v) is 18.1. The molecule has 7 nitrogen and oxygen atoms in total. The van der Waals surface area contributed by atoms with Crippen molar-refractivity contribution < 1.29 is 13.2 Å². The second-order valence-electron chi connectivity index (χ2n) is 7.13. The van der Waals surface area contributed by atoms with Crippen LogP contribution < -0.4 is 5.32 Å². The van der Waals surface area contributed by atoms with Crippen molar-refractivity contribution in [1.29, 1.82) is 0 Å². The van der Waals surface area contributed by atoms with E-state index in [0.717, 1.165) is 11.3 Å². The van der Waals surface area contributed by atoms with E-state index in [-0.39, 0.29) is 24.7 Å². The molecule has 1 fully saturated rings. The average molecular weight is 437 g/mol. The molecule has 1 aromatic heterocycles. The monoisotopic (exact) mass is 436 g/mol. The molecule has 1 amide bonds. The van der Waals surface area contributed by atoms with Gasteiger partial charge in [0.2, 0.25) is 15.9 Å². The number of carbonyl (C=O) groups excluding carboxylic acids is 1. The van der Waals surface area contributed by atoms with Gasteiger partial charge in [0.05, 0.1) is 18.0 Å². The molecule has 9 heteroatoms. The fourth-order valence-electron chi connectivity index (χ4n) is 3.19. The van der Waals surface area contributed by atoms with Gasteiger partial charge >= 0.3 is 0 Å². The molecule has 0 atom stereocenters. The van der Waals surface area contributed by atoms with E-state index in [9.17, 15) is 13.2 Å². The third kappa shape index (κ3) is 5.46. The fourth-order valence-corrected chi connectivity index (χ4v) is 5.02. The number of carbonyl (C=O) groups is 1. The Morgan fingerprint density at radius 1 is 1.28 bits per heavy atom. The lowest BCUT2D eigenvalue weighted by molar-refractivity contribution is -0.116. The van der Waals surface area contributed by atoms with Gasteiger partial charge in [-0.15, -0.1) is 0 Å². The number of halogens is 1. The Labute approximate surface area is 176 Å². The third-order valence-corrected chi connectivity index (χ3v) is 7.18. The first-order valence-electron chi connectivity index (χ1n) is 9.48. The number of aryl methyl sites for hydroxylation is 2. The van der Waals surface area contributed by atoms with Crippen LogP contribution in [0.2, 0.25) is 5.15 Å². The van der Waals surface area contributed by atoms with Gasteiger partial charge < -0.3 is 5.32 Å². The number of sulfonamides is 1. The highest BCUT2D eigenvalue weighted by atomic mass is 35.5. The fraction of sp³-hybridized carbons (Fsp3) is 0.400. The lowest BCUT2D eigenvalue weighted by atomic mass is 10.1. The molecule has 1 saturated heterocycles. The van der Waals surface area contributed by atoms with Gasteiger partial charge in [-0.05, 0) is 31.9 Å². The van der Waals surface area contributed by atoms with E-state index in [2.05, 4.69) is 10.4 Å². The zero-order chi connectivity index (χ0) is 21.0. The van der Waals surface area contributed by atoms with Crippen LogP contribution >= 0.6 is 11.6 Å². The van der Waals surface area contributed by atoms with Gasteiger partial charge in [0.25, 0.3) is 0 Å². The Morgan fingerprint density at radius 3 is 2.66 bits per heavy atom. The number of nitrogens with one attached hydrogen (secondary N) is 1. The van der Waals surface area contributed by atoms with Crippen molar-refractivity contribution in [3.05, 3.63) is 57.9 Å². The maximum absolute atomic E-state index is 12.1. The smallest absolute Gasteiger partial charge is 0.244 e. The molecule has 1 aliphatic rings. The van der Waals surface area contributed by atoms with Crippen LogP contribution in [0.5, 0.6) is 0 Å². The summed E-state index contributed by atoms with van der Waals surface area (Å²) in [7, 11) is -3.14. The molecule has 1 aromatic carbocycles. The van der Waals surface area contributed by atoms with E-state index in [0.29, 0.717) is 30.2 Å². The van der Waals surface area contributed by atoms with E-state index in [4.69, 9.17) is 11.6 Å². The van der Waals surface area contributed by atoms with Crippen molar-refractivity contribution in [2.24, 2.45) is 0 Å². The Hall–Kier alpha value is -2.16. The van der Waals surface area contributed by atoms with Crippen molar-refractivity contribution in [3.63, 3.8) is 0 Å². The molecule has 0 saturated carbocycles. The van der Waals surface area contributed by atoms with Gasteiger partial charge in [0.1, 0.15) is 5.15 Å². The minimum Gasteiger partial charge on any atom is -0.351 e. The van der Waals surface area contributed by atoms with E-state index in [1.54, 1.807) is 10.8 Å². The molecule has 156 valence electrons. The van der Waals surface area contributed by atoms with Crippen LogP contribution in [-0.4, -0.2) is 53.8 Å². The highest BCUT2D eigenvalue weighted by Crippen LogP contribution is 2.22. The van der Waals surface area contributed by atoms with Gasteiger partial charge in [-0.25, -0.2) is 17.4 Å². The van der Waals surface area contributed by atoms with Crippen LogP contribution in [0.1, 0.15) is 28.8 Å². The van der Waals surface area contributed by atoms with E-state index >= 15 is 0 Å². The molecule has 0 spiro atoms. The van der Waals surface area contributed by atoms with Gasteiger partial charge in [-0.2, -0.15) is 5.10 Å². The molecule has 2 aromatic rings. The van der Waals surface area contributed by atoms with Crippen LogP contribution in [0.3, 0.4) is 0 Å². The zero-order valence-electron chi connectivity index (χ0n) is 16.6. The predicted octanol–water partition coefficient (Wildman–Crippen LogP) is 2.37. The van der Waals surface area contributed by atoms with E-state index in [1.165, 1.54) is 15.9 Å². The molecule has 2 heterocycles. The van der Waals surface area contributed by atoms with Crippen LogP contribution in [0.15, 0.2) is 30.3 Å². The topological polar surface area (TPSA) is 84.3 Å². The van der Waals surface area contributed by atoms with Crippen LogP contribution in [0.4, 0.5) is 0 Å². The molecule has 0 radical (unpaired) electrons. The average Bonchev–Trinajstić information content (AvgIpc) is 3.13. The minimum atomic E-state index is -3.14. The molecular formula is C20H25ClN4O3S. The Balaban J connectivity index is 1.57. The maximum Gasteiger partial charge on any atom is 0.244 e. The van der Waals surface area contributed by atoms with Gasteiger partial charge in [-0.1, -0.05) is 41.4 Å².